The van der Waals surface area contributed by atoms with E-state index in [2.05, 4.69) is 35.0 Å². The minimum absolute atomic E-state index is 0.704. The molecule has 0 atom stereocenters. The van der Waals surface area contributed by atoms with Gasteiger partial charge in [-0.1, -0.05) is 0 Å². The van der Waals surface area contributed by atoms with Gasteiger partial charge in [0.05, 0.1) is 0 Å². The van der Waals surface area contributed by atoms with Gasteiger partial charge < -0.3 is 0 Å². The van der Waals surface area contributed by atoms with Crippen LogP contribution in [0.25, 0.3) is 0 Å². The fraction of sp³-hybridized carbons (Fsp3) is 0.333. The summed E-state index contributed by atoms with van der Waals surface area (Å²) in [6, 6.07) is 8.45. The van der Waals surface area contributed by atoms with Crippen LogP contribution in [0.1, 0.15) is 13.8 Å². The first-order valence-electron chi connectivity index (χ1n) is 5.69. The van der Waals surface area contributed by atoms with E-state index in [4.69, 9.17) is 7.53 Å². The van der Waals surface area contributed by atoms with Crippen LogP contribution in [0.15, 0.2) is 35.0 Å². The molecule has 0 unspecified atom stereocenters. The van der Waals surface area contributed by atoms with Gasteiger partial charge in [0.2, 0.25) is 0 Å². The fourth-order valence-corrected chi connectivity index (χ4v) is 13.4. The topological polar surface area (TPSA) is 18.5 Å². The van der Waals surface area contributed by atoms with Crippen molar-refractivity contribution >= 4 is 44.0 Å². The molecule has 0 spiro atoms. The molecule has 0 aliphatic heterocycles. The maximum atomic E-state index is 6.14. The van der Waals surface area contributed by atoms with Crippen molar-refractivity contribution in [3.05, 3.63) is 35.0 Å². The predicted molar refractivity (Wildman–Crippen MR) is 76.9 cm³/mol. The molecular weight excluding hydrogens is 313 g/mol. The van der Waals surface area contributed by atoms with Crippen molar-refractivity contribution in [3.63, 3.8) is 0 Å². The molecule has 92 valence electrons. The van der Waals surface area contributed by atoms with Crippen molar-refractivity contribution in [1.82, 2.24) is 0 Å². The van der Waals surface area contributed by atoms with Crippen LogP contribution in [0.3, 0.4) is 0 Å². The number of thiophene rings is 2. The molecular formula is C12H16GeO2S2. The van der Waals surface area contributed by atoms with E-state index in [0.29, 0.717) is 13.2 Å². The van der Waals surface area contributed by atoms with E-state index in [1.54, 1.807) is 22.7 Å². The van der Waals surface area contributed by atoms with Crippen LogP contribution >= 0.6 is 22.7 Å². The summed E-state index contributed by atoms with van der Waals surface area (Å²) in [6.07, 6.45) is 0. The van der Waals surface area contributed by atoms with Crippen LogP contribution in [0.4, 0.5) is 0 Å². The predicted octanol–water partition coefficient (Wildman–Crippen LogP) is 2.44. The normalized spacial score (nSPS) is 11.9. The Kier molecular flexibility index (Phi) is 4.81. The van der Waals surface area contributed by atoms with Gasteiger partial charge in [0.25, 0.3) is 0 Å². The molecule has 0 radical (unpaired) electrons. The van der Waals surface area contributed by atoms with Crippen LogP contribution in [0.2, 0.25) is 0 Å². The molecule has 2 aromatic heterocycles. The van der Waals surface area contributed by atoms with Gasteiger partial charge in [-0.25, -0.2) is 0 Å². The summed E-state index contributed by atoms with van der Waals surface area (Å²) >= 11 is 0.498. The van der Waals surface area contributed by atoms with E-state index in [-0.39, 0.29) is 0 Å². The zero-order valence-corrected chi connectivity index (χ0v) is 13.7. The van der Waals surface area contributed by atoms with Gasteiger partial charge in [-0.15, -0.1) is 0 Å². The Morgan fingerprint density at radius 3 is 1.71 bits per heavy atom. The van der Waals surface area contributed by atoms with Crippen molar-refractivity contribution in [3.8, 4) is 0 Å². The van der Waals surface area contributed by atoms with Gasteiger partial charge in [0, 0.05) is 0 Å². The Balaban J connectivity index is 2.46. The Hall–Kier alpha value is -0.137. The summed E-state index contributed by atoms with van der Waals surface area (Å²) in [5, 5.41) is 4.20. The second kappa shape index (κ2) is 6.15. The van der Waals surface area contributed by atoms with Gasteiger partial charge in [0.1, 0.15) is 0 Å². The molecule has 0 bridgehead atoms. The number of hydrogen-bond acceptors (Lipinski definition) is 4. The number of hydrogen-bond donors (Lipinski definition) is 0. The van der Waals surface area contributed by atoms with Gasteiger partial charge in [-0.3, -0.25) is 0 Å². The summed E-state index contributed by atoms with van der Waals surface area (Å²) in [6.45, 7) is 5.49. The van der Waals surface area contributed by atoms with Crippen molar-refractivity contribution in [1.29, 1.82) is 0 Å². The molecule has 5 heteroatoms. The quantitative estimate of drug-likeness (QED) is 0.758. The molecule has 0 amide bonds. The molecule has 2 nitrogen and oxygen atoms in total. The number of rotatable bonds is 6. The van der Waals surface area contributed by atoms with Crippen molar-refractivity contribution in [2.24, 2.45) is 0 Å². The average molecular weight is 329 g/mol. The molecule has 17 heavy (non-hydrogen) atoms. The SMILES string of the molecule is CC[O][Ge]([O]CC)([c]1cccs1)[c]1cccs1. The second-order valence-electron chi connectivity index (χ2n) is 3.44. The third kappa shape index (κ3) is 2.66. The molecule has 0 fully saturated rings. The summed E-state index contributed by atoms with van der Waals surface area (Å²) in [4.78, 5) is 0. The van der Waals surface area contributed by atoms with Gasteiger partial charge in [-0.05, 0) is 0 Å². The minimum atomic E-state index is -3.00. The molecule has 2 rings (SSSR count). The molecule has 2 aromatic rings. The molecule has 2 heterocycles. The molecule has 0 saturated heterocycles. The van der Waals surface area contributed by atoms with Crippen molar-refractivity contribution < 1.29 is 7.53 Å². The molecule has 0 aromatic carbocycles. The van der Waals surface area contributed by atoms with Crippen LogP contribution in [-0.4, -0.2) is 27.2 Å². The van der Waals surface area contributed by atoms with Crippen LogP contribution in [0.5, 0.6) is 0 Å². The first-order chi connectivity index (χ1) is 8.33. The third-order valence-corrected chi connectivity index (χ3v) is 14.4. The van der Waals surface area contributed by atoms with E-state index in [1.807, 2.05) is 13.8 Å². The fourth-order valence-electron chi connectivity index (χ4n) is 1.79. The Labute approximate surface area is 113 Å². The third-order valence-electron chi connectivity index (χ3n) is 2.39. The van der Waals surface area contributed by atoms with Gasteiger partial charge >= 0.3 is 114 Å². The molecule has 0 aliphatic carbocycles. The summed E-state index contributed by atoms with van der Waals surface area (Å²) in [5.74, 6) is 0. The van der Waals surface area contributed by atoms with Crippen LogP contribution in [0, 0.1) is 0 Å². The monoisotopic (exact) mass is 330 g/mol. The van der Waals surface area contributed by atoms with Crippen molar-refractivity contribution in [2.75, 3.05) is 13.2 Å². The van der Waals surface area contributed by atoms with E-state index < -0.39 is 13.9 Å². The second-order valence-corrected chi connectivity index (χ2v) is 12.9. The van der Waals surface area contributed by atoms with Gasteiger partial charge in [0.15, 0.2) is 0 Å². The zero-order chi connectivity index (χ0) is 12.1. The Morgan fingerprint density at radius 1 is 0.941 bits per heavy atom. The standard InChI is InChI=1S/C12H16GeO2S2/c1-3-14-13(15-4-2,11-7-5-9-16-11)12-8-6-10-17-12/h5-10H,3-4H2,1-2H3. The zero-order valence-electron chi connectivity index (χ0n) is 10.0. The first kappa shape index (κ1) is 13.3. The summed E-state index contributed by atoms with van der Waals surface area (Å²) in [7, 11) is 0. The first-order valence-corrected chi connectivity index (χ1v) is 11.3. The van der Waals surface area contributed by atoms with E-state index in [0.717, 1.165) is 0 Å². The maximum absolute atomic E-state index is 6.14. The summed E-state index contributed by atoms with van der Waals surface area (Å²) < 4.78 is 14.9. The Bertz CT molecular complexity index is 383. The van der Waals surface area contributed by atoms with E-state index in [9.17, 15) is 0 Å². The molecule has 0 aliphatic rings. The van der Waals surface area contributed by atoms with Crippen molar-refractivity contribution in [2.45, 2.75) is 13.8 Å². The van der Waals surface area contributed by atoms with Gasteiger partial charge in [-0.2, -0.15) is 0 Å². The van der Waals surface area contributed by atoms with E-state index >= 15 is 0 Å². The van der Waals surface area contributed by atoms with Crippen LogP contribution < -0.4 is 7.42 Å². The average Bonchev–Trinajstić information content (AvgIpc) is 3.02. The Morgan fingerprint density at radius 2 is 1.41 bits per heavy atom. The van der Waals surface area contributed by atoms with Crippen LogP contribution in [-0.2, 0) is 7.53 Å². The molecule has 0 saturated carbocycles. The van der Waals surface area contributed by atoms with E-state index in [1.165, 1.54) is 7.42 Å². The summed E-state index contributed by atoms with van der Waals surface area (Å²) in [5.41, 5.74) is 0. The molecule has 0 N–H and O–H groups in total.